The first-order valence-electron chi connectivity index (χ1n) is 8.46. The van der Waals surface area contributed by atoms with Gasteiger partial charge < -0.3 is 10.2 Å². The average Bonchev–Trinajstić information content (AvgIpc) is 2.58. The van der Waals surface area contributed by atoms with Crippen molar-refractivity contribution >= 4 is 5.91 Å². The zero-order valence-electron chi connectivity index (χ0n) is 13.7. The lowest BCUT2D eigenvalue weighted by Gasteiger charge is -2.30. The molecule has 3 rings (SSSR count). The molecular weight excluding hydrogens is 284 g/mol. The molecule has 3 nitrogen and oxygen atoms in total. The van der Waals surface area contributed by atoms with Crippen LogP contribution in [0.25, 0.3) is 0 Å². The van der Waals surface area contributed by atoms with E-state index in [9.17, 15) is 4.79 Å². The Kier molecular flexibility index (Phi) is 5.09. The number of benzene rings is 2. The molecule has 0 aliphatic carbocycles. The van der Waals surface area contributed by atoms with Gasteiger partial charge in [0.2, 0.25) is 0 Å². The monoisotopic (exact) mass is 309 g/mol. The highest BCUT2D eigenvalue weighted by Gasteiger charge is 2.24. The molecule has 1 saturated heterocycles. The van der Waals surface area contributed by atoms with Gasteiger partial charge in [-0.3, -0.25) is 4.79 Å². The summed E-state index contributed by atoms with van der Waals surface area (Å²) in [6.07, 6.45) is 2.11. The highest BCUT2D eigenvalue weighted by Crippen LogP contribution is 2.09. The topological polar surface area (TPSA) is 33.5 Å². The Bertz CT molecular complexity index is 646. The van der Waals surface area contributed by atoms with E-state index in [2.05, 4.69) is 35.6 Å². The number of likely N-dealkylation sites (tertiary alicyclic amines) is 1. The molecule has 1 amide bonds. The van der Waals surface area contributed by atoms with E-state index in [0.717, 1.165) is 43.6 Å². The van der Waals surface area contributed by atoms with Crippen molar-refractivity contribution in [3.05, 3.63) is 71.3 Å². The van der Waals surface area contributed by atoms with Gasteiger partial charge in [0.05, 0.1) is 13.1 Å². The molecule has 1 aliphatic heterocycles. The second kappa shape index (κ2) is 7.42. The number of hydrogen-bond donors (Lipinski definition) is 2. The van der Waals surface area contributed by atoms with Gasteiger partial charge in [-0.25, -0.2) is 0 Å². The molecule has 1 heterocycles. The molecule has 2 N–H and O–H groups in total. The molecule has 23 heavy (non-hydrogen) atoms. The number of piperidine rings is 1. The summed E-state index contributed by atoms with van der Waals surface area (Å²) in [4.78, 5) is 14.0. The number of carbonyl (C=O) groups is 1. The first kappa shape index (κ1) is 15.8. The van der Waals surface area contributed by atoms with E-state index >= 15 is 0 Å². The molecular formula is C20H25N2O+. The lowest BCUT2D eigenvalue weighted by Crippen LogP contribution is -3.12. The first-order valence-corrected chi connectivity index (χ1v) is 8.46. The lowest BCUT2D eigenvalue weighted by molar-refractivity contribution is -0.918. The largest absolute Gasteiger partial charge is 0.349 e. The van der Waals surface area contributed by atoms with Crippen molar-refractivity contribution in [1.82, 2.24) is 5.32 Å². The van der Waals surface area contributed by atoms with Crippen LogP contribution in [0.15, 0.2) is 54.6 Å². The minimum Gasteiger partial charge on any atom is -0.349 e. The fourth-order valence-corrected chi connectivity index (χ4v) is 3.32. The van der Waals surface area contributed by atoms with E-state index in [1.807, 2.05) is 31.2 Å². The van der Waals surface area contributed by atoms with Gasteiger partial charge in [0.1, 0.15) is 6.54 Å². The molecule has 3 heteroatoms. The van der Waals surface area contributed by atoms with E-state index in [4.69, 9.17) is 0 Å². The molecule has 0 spiro atoms. The average molecular weight is 309 g/mol. The van der Waals surface area contributed by atoms with Crippen molar-refractivity contribution in [3.8, 4) is 0 Å². The van der Waals surface area contributed by atoms with Crippen LogP contribution in [0.1, 0.15) is 34.3 Å². The zero-order chi connectivity index (χ0) is 16.1. The Morgan fingerprint density at radius 3 is 2.39 bits per heavy atom. The Morgan fingerprint density at radius 1 is 1.04 bits per heavy atom. The zero-order valence-corrected chi connectivity index (χ0v) is 13.7. The van der Waals surface area contributed by atoms with Gasteiger partial charge in [-0.05, 0) is 18.6 Å². The molecule has 0 radical (unpaired) electrons. The minimum absolute atomic E-state index is 0.0691. The van der Waals surface area contributed by atoms with Crippen molar-refractivity contribution in [2.75, 3.05) is 13.1 Å². The number of quaternary nitrogens is 1. The predicted molar refractivity (Wildman–Crippen MR) is 92.5 cm³/mol. The van der Waals surface area contributed by atoms with E-state index in [0.29, 0.717) is 6.04 Å². The summed E-state index contributed by atoms with van der Waals surface area (Å²) in [6.45, 7) is 5.31. The summed E-state index contributed by atoms with van der Waals surface area (Å²) in [7, 11) is 0. The van der Waals surface area contributed by atoms with Crippen LogP contribution in [-0.2, 0) is 6.54 Å². The SMILES string of the molecule is Cc1ccccc1C(=O)NC1CC[NH+](Cc2ccccc2)CC1. The minimum atomic E-state index is 0.0691. The van der Waals surface area contributed by atoms with E-state index < -0.39 is 0 Å². The third-order valence-corrected chi connectivity index (χ3v) is 4.71. The predicted octanol–water partition coefficient (Wildman–Crippen LogP) is 1.97. The van der Waals surface area contributed by atoms with Crippen molar-refractivity contribution in [2.24, 2.45) is 0 Å². The Labute approximate surface area is 138 Å². The van der Waals surface area contributed by atoms with Crippen LogP contribution < -0.4 is 10.2 Å². The molecule has 1 aliphatic rings. The molecule has 2 aromatic rings. The van der Waals surface area contributed by atoms with Crippen molar-refractivity contribution in [1.29, 1.82) is 0 Å². The highest BCUT2D eigenvalue weighted by atomic mass is 16.1. The van der Waals surface area contributed by atoms with Gasteiger partial charge in [-0.2, -0.15) is 0 Å². The molecule has 120 valence electrons. The number of amides is 1. The Morgan fingerprint density at radius 2 is 1.70 bits per heavy atom. The fourth-order valence-electron chi connectivity index (χ4n) is 3.32. The van der Waals surface area contributed by atoms with Crippen LogP contribution in [0, 0.1) is 6.92 Å². The molecule has 0 atom stereocenters. The maximum Gasteiger partial charge on any atom is 0.251 e. The van der Waals surface area contributed by atoms with Gasteiger partial charge in [0, 0.05) is 30.0 Å². The summed E-state index contributed by atoms with van der Waals surface area (Å²) in [5.74, 6) is 0.0691. The van der Waals surface area contributed by atoms with E-state index in [1.54, 1.807) is 4.90 Å². The van der Waals surface area contributed by atoms with Crippen LogP contribution in [0.4, 0.5) is 0 Å². The summed E-state index contributed by atoms with van der Waals surface area (Å²) < 4.78 is 0. The quantitative estimate of drug-likeness (QED) is 0.889. The van der Waals surface area contributed by atoms with Gasteiger partial charge in [-0.15, -0.1) is 0 Å². The molecule has 0 aromatic heterocycles. The molecule has 0 bridgehead atoms. The van der Waals surface area contributed by atoms with Gasteiger partial charge in [-0.1, -0.05) is 48.5 Å². The summed E-state index contributed by atoms with van der Waals surface area (Å²) in [5.41, 5.74) is 3.23. The van der Waals surface area contributed by atoms with Gasteiger partial charge >= 0.3 is 0 Å². The maximum atomic E-state index is 12.4. The van der Waals surface area contributed by atoms with Crippen molar-refractivity contribution in [3.63, 3.8) is 0 Å². The third kappa shape index (κ3) is 4.20. The van der Waals surface area contributed by atoms with Crippen molar-refractivity contribution < 1.29 is 9.69 Å². The number of nitrogens with one attached hydrogen (secondary N) is 2. The number of carbonyl (C=O) groups excluding carboxylic acids is 1. The number of rotatable bonds is 4. The molecule has 0 saturated carbocycles. The van der Waals surface area contributed by atoms with Crippen LogP contribution >= 0.6 is 0 Å². The van der Waals surface area contributed by atoms with Gasteiger partial charge in [0.15, 0.2) is 0 Å². The summed E-state index contributed by atoms with van der Waals surface area (Å²) in [5, 5.41) is 3.21. The van der Waals surface area contributed by atoms with Crippen LogP contribution in [-0.4, -0.2) is 25.0 Å². The van der Waals surface area contributed by atoms with Crippen molar-refractivity contribution in [2.45, 2.75) is 32.4 Å². The van der Waals surface area contributed by atoms with Gasteiger partial charge in [0.25, 0.3) is 5.91 Å². The fraction of sp³-hybridized carbons (Fsp3) is 0.350. The third-order valence-electron chi connectivity index (χ3n) is 4.71. The summed E-state index contributed by atoms with van der Waals surface area (Å²) in [6, 6.07) is 18.7. The Hall–Kier alpha value is -2.13. The molecule has 0 unspecified atom stereocenters. The van der Waals surface area contributed by atoms with Crippen LogP contribution in [0.2, 0.25) is 0 Å². The normalized spacial score (nSPS) is 20.9. The van der Waals surface area contributed by atoms with Crippen LogP contribution in [0.3, 0.4) is 0 Å². The maximum absolute atomic E-state index is 12.4. The smallest absolute Gasteiger partial charge is 0.251 e. The number of hydrogen-bond acceptors (Lipinski definition) is 1. The second-order valence-electron chi connectivity index (χ2n) is 6.48. The highest BCUT2D eigenvalue weighted by molar-refractivity contribution is 5.95. The van der Waals surface area contributed by atoms with Crippen LogP contribution in [0.5, 0.6) is 0 Å². The Balaban J connectivity index is 1.49. The second-order valence-corrected chi connectivity index (χ2v) is 6.48. The van der Waals surface area contributed by atoms with E-state index in [-0.39, 0.29) is 5.91 Å². The first-order chi connectivity index (χ1) is 11.2. The summed E-state index contributed by atoms with van der Waals surface area (Å²) >= 11 is 0. The number of aryl methyl sites for hydroxylation is 1. The molecule has 1 fully saturated rings. The molecule has 2 aromatic carbocycles. The van der Waals surface area contributed by atoms with E-state index in [1.165, 1.54) is 5.56 Å². The standard InChI is InChI=1S/C20H24N2O/c1-16-7-5-6-10-19(16)20(23)21-18-11-13-22(14-12-18)15-17-8-3-2-4-9-17/h2-10,18H,11-15H2,1H3,(H,21,23)/p+1. The lowest BCUT2D eigenvalue weighted by atomic mass is 10.0.